The Morgan fingerprint density at radius 3 is 2.42 bits per heavy atom. The Morgan fingerprint density at radius 2 is 2.08 bits per heavy atom. The summed E-state index contributed by atoms with van der Waals surface area (Å²) in [5.41, 5.74) is 2.67. The zero-order chi connectivity index (χ0) is 9.14. The Balaban J connectivity index is 3.25. The molecule has 12 heavy (non-hydrogen) atoms. The van der Waals surface area contributed by atoms with Crippen molar-refractivity contribution in [3.8, 4) is 0 Å². The number of halogens is 1. The van der Waals surface area contributed by atoms with Gasteiger partial charge in [0.05, 0.1) is 10.7 Å². The molecule has 2 heteroatoms. The van der Waals surface area contributed by atoms with Crippen molar-refractivity contribution in [1.29, 1.82) is 0 Å². The largest absolute Gasteiger partial charge is 0.354 e. The number of aromatic nitrogens is 1. The minimum absolute atomic E-state index is 0.484. The summed E-state index contributed by atoms with van der Waals surface area (Å²) in [6.07, 6.45) is 3.45. The van der Waals surface area contributed by atoms with E-state index in [4.69, 9.17) is 11.6 Å². The van der Waals surface area contributed by atoms with E-state index in [9.17, 15) is 0 Å². The van der Waals surface area contributed by atoms with Crippen molar-refractivity contribution >= 4 is 28.8 Å². The summed E-state index contributed by atoms with van der Waals surface area (Å²) in [5, 5.41) is 0.484. The fraction of sp³-hybridized carbons (Fsp3) is 0. The topological polar surface area (TPSA) is 15.8 Å². The molecule has 0 unspecified atom stereocenters. The molecule has 0 saturated heterocycles. The Kier molecular flexibility index (Phi) is 2.56. The molecule has 0 radical (unpaired) electrons. The molecule has 0 bridgehead atoms. The summed E-state index contributed by atoms with van der Waals surface area (Å²) >= 11 is 5.75. The van der Waals surface area contributed by atoms with Crippen LogP contribution in [0.5, 0.6) is 0 Å². The lowest BCUT2D eigenvalue weighted by molar-refractivity contribution is 1.34. The first-order valence-corrected chi connectivity index (χ1v) is 3.89. The molecule has 1 rings (SSSR count). The molecule has 0 fully saturated rings. The maximum Gasteiger partial charge on any atom is 0.0641 e. The second-order valence-electron chi connectivity index (χ2n) is 2.37. The SMILES string of the molecule is C=Cc1cc(C=C)c(C(=C)Cl)[nH]1. The Labute approximate surface area is 77.1 Å². The number of rotatable bonds is 3. The monoisotopic (exact) mass is 179 g/mol. The van der Waals surface area contributed by atoms with E-state index in [0.717, 1.165) is 17.0 Å². The van der Waals surface area contributed by atoms with Gasteiger partial charge in [-0.2, -0.15) is 0 Å². The van der Waals surface area contributed by atoms with Gasteiger partial charge in [-0.05, 0) is 12.1 Å². The highest BCUT2D eigenvalue weighted by Crippen LogP contribution is 2.22. The Bertz CT molecular complexity index is 334. The van der Waals surface area contributed by atoms with Gasteiger partial charge in [0.25, 0.3) is 0 Å². The van der Waals surface area contributed by atoms with Crippen LogP contribution in [0.2, 0.25) is 0 Å². The van der Waals surface area contributed by atoms with Crippen molar-refractivity contribution < 1.29 is 0 Å². The van der Waals surface area contributed by atoms with E-state index in [1.807, 2.05) is 6.07 Å². The van der Waals surface area contributed by atoms with Crippen LogP contribution in [0.4, 0.5) is 0 Å². The van der Waals surface area contributed by atoms with E-state index in [-0.39, 0.29) is 0 Å². The van der Waals surface area contributed by atoms with Crippen molar-refractivity contribution in [2.45, 2.75) is 0 Å². The van der Waals surface area contributed by atoms with Gasteiger partial charge >= 0.3 is 0 Å². The van der Waals surface area contributed by atoms with Crippen LogP contribution in [0.3, 0.4) is 0 Å². The Hall–Kier alpha value is -1.21. The molecule has 0 aliphatic rings. The summed E-state index contributed by atoms with van der Waals surface area (Å²) in [4.78, 5) is 3.06. The van der Waals surface area contributed by atoms with Gasteiger partial charge < -0.3 is 4.98 Å². The van der Waals surface area contributed by atoms with Crippen molar-refractivity contribution in [3.63, 3.8) is 0 Å². The van der Waals surface area contributed by atoms with E-state index in [1.165, 1.54) is 0 Å². The molecule has 1 N–H and O–H groups in total. The number of aromatic amines is 1. The molecule has 62 valence electrons. The molecule has 1 heterocycles. The quantitative estimate of drug-likeness (QED) is 0.731. The van der Waals surface area contributed by atoms with Gasteiger partial charge in [0.15, 0.2) is 0 Å². The standard InChI is InChI=1S/C10H10ClN/c1-4-8-6-9(5-2)12-10(8)7(3)11/h4-6,12H,1-3H2. The fourth-order valence-electron chi connectivity index (χ4n) is 0.988. The number of nitrogens with one attached hydrogen (secondary N) is 1. The summed E-state index contributed by atoms with van der Waals surface area (Å²) in [6, 6.07) is 1.92. The van der Waals surface area contributed by atoms with Crippen molar-refractivity contribution in [1.82, 2.24) is 4.98 Å². The minimum Gasteiger partial charge on any atom is -0.354 e. The second-order valence-corrected chi connectivity index (χ2v) is 2.82. The van der Waals surface area contributed by atoms with Crippen molar-refractivity contribution in [2.24, 2.45) is 0 Å². The highest BCUT2D eigenvalue weighted by Gasteiger charge is 2.04. The van der Waals surface area contributed by atoms with Crippen LogP contribution in [0.15, 0.2) is 25.8 Å². The zero-order valence-electron chi connectivity index (χ0n) is 6.73. The van der Waals surface area contributed by atoms with E-state index in [1.54, 1.807) is 12.2 Å². The van der Waals surface area contributed by atoms with Gasteiger partial charge in [-0.15, -0.1) is 0 Å². The lowest BCUT2D eigenvalue weighted by Crippen LogP contribution is -1.78. The highest BCUT2D eigenvalue weighted by atomic mass is 35.5. The van der Waals surface area contributed by atoms with E-state index in [2.05, 4.69) is 24.7 Å². The van der Waals surface area contributed by atoms with Crippen LogP contribution in [-0.2, 0) is 0 Å². The molecular weight excluding hydrogens is 170 g/mol. The Morgan fingerprint density at radius 1 is 1.42 bits per heavy atom. The van der Waals surface area contributed by atoms with Crippen LogP contribution in [0.1, 0.15) is 17.0 Å². The predicted molar refractivity (Wildman–Crippen MR) is 55.9 cm³/mol. The van der Waals surface area contributed by atoms with Crippen molar-refractivity contribution in [3.05, 3.63) is 42.8 Å². The van der Waals surface area contributed by atoms with E-state index >= 15 is 0 Å². The van der Waals surface area contributed by atoms with Gasteiger partial charge in [0.2, 0.25) is 0 Å². The molecular formula is C10H10ClN. The zero-order valence-corrected chi connectivity index (χ0v) is 7.49. The lowest BCUT2D eigenvalue weighted by atomic mass is 10.2. The molecule has 0 saturated carbocycles. The average Bonchev–Trinajstić information content (AvgIpc) is 2.47. The second kappa shape index (κ2) is 3.46. The fourth-order valence-corrected chi connectivity index (χ4v) is 1.14. The maximum absolute atomic E-state index is 5.75. The molecule has 1 nitrogen and oxygen atoms in total. The van der Waals surface area contributed by atoms with Gasteiger partial charge in [-0.3, -0.25) is 0 Å². The minimum atomic E-state index is 0.484. The van der Waals surface area contributed by atoms with Gasteiger partial charge in [-0.25, -0.2) is 0 Å². The third-order valence-electron chi connectivity index (χ3n) is 1.58. The van der Waals surface area contributed by atoms with Crippen LogP contribution in [-0.4, -0.2) is 4.98 Å². The summed E-state index contributed by atoms with van der Waals surface area (Å²) in [7, 11) is 0. The smallest absolute Gasteiger partial charge is 0.0641 e. The number of H-pyrrole nitrogens is 1. The molecule has 0 atom stereocenters. The third kappa shape index (κ3) is 1.51. The molecule has 1 aromatic heterocycles. The maximum atomic E-state index is 5.75. The summed E-state index contributed by atoms with van der Waals surface area (Å²) in [5.74, 6) is 0. The molecule has 0 amide bonds. The summed E-state index contributed by atoms with van der Waals surface area (Å²) in [6.45, 7) is 10.9. The first-order chi connectivity index (χ1) is 5.69. The number of hydrogen-bond acceptors (Lipinski definition) is 0. The van der Waals surface area contributed by atoms with Crippen LogP contribution in [0, 0.1) is 0 Å². The predicted octanol–water partition coefficient (Wildman–Crippen LogP) is 3.51. The molecule has 1 aromatic rings. The number of hydrogen-bond donors (Lipinski definition) is 1. The third-order valence-corrected chi connectivity index (χ3v) is 1.77. The first-order valence-electron chi connectivity index (χ1n) is 3.51. The van der Waals surface area contributed by atoms with Gasteiger partial charge in [0, 0.05) is 11.3 Å². The van der Waals surface area contributed by atoms with Gasteiger partial charge in [0.1, 0.15) is 0 Å². The van der Waals surface area contributed by atoms with Crippen LogP contribution < -0.4 is 0 Å². The highest BCUT2D eigenvalue weighted by molar-refractivity contribution is 6.48. The first kappa shape index (κ1) is 8.88. The van der Waals surface area contributed by atoms with E-state index in [0.29, 0.717) is 5.03 Å². The van der Waals surface area contributed by atoms with Crippen LogP contribution in [0.25, 0.3) is 17.2 Å². The van der Waals surface area contributed by atoms with Gasteiger partial charge in [-0.1, -0.05) is 37.4 Å². The molecule has 0 aliphatic carbocycles. The average molecular weight is 180 g/mol. The normalized spacial score (nSPS) is 9.42. The van der Waals surface area contributed by atoms with Crippen molar-refractivity contribution in [2.75, 3.05) is 0 Å². The molecule has 0 spiro atoms. The van der Waals surface area contributed by atoms with E-state index < -0.39 is 0 Å². The van der Waals surface area contributed by atoms with Crippen LogP contribution >= 0.6 is 11.6 Å². The molecule has 0 aliphatic heterocycles. The summed E-state index contributed by atoms with van der Waals surface area (Å²) < 4.78 is 0. The molecule has 0 aromatic carbocycles. The lowest BCUT2D eigenvalue weighted by Gasteiger charge is -1.93.